The first-order valence-electron chi connectivity index (χ1n) is 6.08. The van der Waals surface area contributed by atoms with Crippen LogP contribution in [0.5, 0.6) is 0 Å². The summed E-state index contributed by atoms with van der Waals surface area (Å²) in [6, 6.07) is 9.80. The molecule has 0 saturated carbocycles. The molecule has 0 amide bonds. The van der Waals surface area contributed by atoms with Gasteiger partial charge in [-0.1, -0.05) is 18.2 Å². The van der Waals surface area contributed by atoms with Crippen LogP contribution in [0.15, 0.2) is 35.3 Å². The van der Waals surface area contributed by atoms with Gasteiger partial charge in [-0.2, -0.15) is 0 Å². The molecule has 92 valence electrons. The third kappa shape index (κ3) is 4.07. The summed E-state index contributed by atoms with van der Waals surface area (Å²) in [5, 5.41) is 3.05. The van der Waals surface area contributed by atoms with Crippen molar-refractivity contribution in [2.24, 2.45) is 10.7 Å². The standard InChI is InChI=1S/C13H19N3O/c14-13(16-11-6-2-1-3-7-11)15-10-12-8-4-5-9-17-12/h1-3,6-7,12H,4-5,8-10H2,(H3,14,15,16). The van der Waals surface area contributed by atoms with E-state index in [0.717, 1.165) is 25.1 Å². The van der Waals surface area contributed by atoms with Crippen LogP contribution in [0.4, 0.5) is 5.69 Å². The van der Waals surface area contributed by atoms with Crippen LogP contribution in [0, 0.1) is 0 Å². The number of hydrogen-bond acceptors (Lipinski definition) is 2. The van der Waals surface area contributed by atoms with E-state index in [2.05, 4.69) is 10.3 Å². The molecule has 0 aliphatic carbocycles. The molecule has 1 aromatic rings. The number of benzene rings is 1. The molecule has 1 heterocycles. The van der Waals surface area contributed by atoms with Crippen molar-refractivity contribution in [3.05, 3.63) is 30.3 Å². The van der Waals surface area contributed by atoms with Crippen LogP contribution < -0.4 is 11.1 Å². The number of nitrogens with two attached hydrogens (primary N) is 1. The molecule has 1 aliphatic rings. The van der Waals surface area contributed by atoms with Crippen LogP contribution in [0.2, 0.25) is 0 Å². The molecule has 1 unspecified atom stereocenters. The van der Waals surface area contributed by atoms with E-state index >= 15 is 0 Å². The van der Waals surface area contributed by atoms with Crippen molar-refractivity contribution in [3.8, 4) is 0 Å². The summed E-state index contributed by atoms with van der Waals surface area (Å²) in [5.74, 6) is 0.449. The molecule has 17 heavy (non-hydrogen) atoms. The summed E-state index contributed by atoms with van der Waals surface area (Å²) in [6.45, 7) is 1.50. The molecule has 2 rings (SSSR count). The normalized spacial score (nSPS) is 21.2. The Morgan fingerprint density at radius 2 is 2.18 bits per heavy atom. The van der Waals surface area contributed by atoms with Crippen LogP contribution in [0.25, 0.3) is 0 Å². The first-order valence-corrected chi connectivity index (χ1v) is 6.08. The maximum atomic E-state index is 5.81. The SMILES string of the molecule is NC(=NCC1CCCCO1)Nc1ccccc1. The van der Waals surface area contributed by atoms with E-state index in [-0.39, 0.29) is 6.10 Å². The third-order valence-electron chi connectivity index (χ3n) is 2.79. The van der Waals surface area contributed by atoms with E-state index < -0.39 is 0 Å². The Hall–Kier alpha value is -1.55. The smallest absolute Gasteiger partial charge is 0.193 e. The first kappa shape index (κ1) is 11.9. The van der Waals surface area contributed by atoms with Crippen molar-refractivity contribution in [3.63, 3.8) is 0 Å². The number of hydrogen-bond donors (Lipinski definition) is 2. The van der Waals surface area contributed by atoms with E-state index in [0.29, 0.717) is 12.5 Å². The highest BCUT2D eigenvalue weighted by Gasteiger charge is 2.12. The van der Waals surface area contributed by atoms with Gasteiger partial charge in [0.2, 0.25) is 0 Å². The molecule has 4 nitrogen and oxygen atoms in total. The molecule has 0 aromatic heterocycles. The molecule has 0 bridgehead atoms. The average Bonchev–Trinajstić information content (AvgIpc) is 2.39. The number of guanidine groups is 1. The van der Waals surface area contributed by atoms with E-state index in [4.69, 9.17) is 10.5 Å². The van der Waals surface area contributed by atoms with Crippen molar-refractivity contribution >= 4 is 11.6 Å². The highest BCUT2D eigenvalue weighted by Crippen LogP contribution is 2.12. The number of aliphatic imine (C=N–C) groups is 1. The summed E-state index contributed by atoms with van der Waals surface area (Å²) >= 11 is 0. The zero-order valence-corrected chi connectivity index (χ0v) is 9.93. The third-order valence-corrected chi connectivity index (χ3v) is 2.79. The van der Waals surface area contributed by atoms with Crippen molar-refractivity contribution in [2.45, 2.75) is 25.4 Å². The molecule has 4 heteroatoms. The zero-order chi connectivity index (χ0) is 11.9. The Balaban J connectivity index is 1.80. The Labute approximate surface area is 102 Å². The lowest BCUT2D eigenvalue weighted by Gasteiger charge is -2.20. The van der Waals surface area contributed by atoms with Gasteiger partial charge in [-0.25, -0.2) is 0 Å². The minimum absolute atomic E-state index is 0.236. The van der Waals surface area contributed by atoms with Gasteiger partial charge in [0.05, 0.1) is 12.6 Å². The Morgan fingerprint density at radius 3 is 2.88 bits per heavy atom. The first-order chi connectivity index (χ1) is 8.34. The topological polar surface area (TPSA) is 59.6 Å². The predicted molar refractivity (Wildman–Crippen MR) is 70.1 cm³/mol. The summed E-state index contributed by atoms with van der Waals surface area (Å²) in [7, 11) is 0. The fourth-order valence-electron chi connectivity index (χ4n) is 1.86. The number of rotatable bonds is 3. The number of ether oxygens (including phenoxy) is 1. The molecule has 1 fully saturated rings. The molecule has 1 saturated heterocycles. The molecular formula is C13H19N3O. The van der Waals surface area contributed by atoms with Crippen molar-refractivity contribution in [1.29, 1.82) is 0 Å². The number of nitrogens with one attached hydrogen (secondary N) is 1. The summed E-state index contributed by atoms with van der Waals surface area (Å²) in [6.07, 6.45) is 3.71. The van der Waals surface area contributed by atoms with Crippen LogP contribution >= 0.6 is 0 Å². The van der Waals surface area contributed by atoms with Crippen molar-refractivity contribution < 1.29 is 4.74 Å². The largest absolute Gasteiger partial charge is 0.376 e. The van der Waals surface area contributed by atoms with E-state index in [1.54, 1.807) is 0 Å². The lowest BCUT2D eigenvalue weighted by atomic mass is 10.1. The average molecular weight is 233 g/mol. The number of anilines is 1. The molecule has 3 N–H and O–H groups in total. The predicted octanol–water partition coefficient (Wildman–Crippen LogP) is 1.98. The monoisotopic (exact) mass is 233 g/mol. The van der Waals surface area contributed by atoms with Crippen molar-refractivity contribution in [1.82, 2.24) is 0 Å². The molecule has 1 aromatic carbocycles. The van der Waals surface area contributed by atoms with Gasteiger partial charge in [0.25, 0.3) is 0 Å². The second-order valence-corrected chi connectivity index (χ2v) is 4.21. The second kappa shape index (κ2) is 6.25. The zero-order valence-electron chi connectivity index (χ0n) is 9.93. The fraction of sp³-hybridized carbons (Fsp3) is 0.462. The highest BCUT2D eigenvalue weighted by molar-refractivity contribution is 5.92. The quantitative estimate of drug-likeness (QED) is 0.620. The highest BCUT2D eigenvalue weighted by atomic mass is 16.5. The van der Waals surface area contributed by atoms with Gasteiger partial charge < -0.3 is 15.8 Å². The van der Waals surface area contributed by atoms with Crippen LogP contribution in [0.3, 0.4) is 0 Å². The minimum Gasteiger partial charge on any atom is -0.376 e. The van der Waals surface area contributed by atoms with Gasteiger partial charge in [0.15, 0.2) is 5.96 Å². The fourth-order valence-corrected chi connectivity index (χ4v) is 1.86. The minimum atomic E-state index is 0.236. The van der Waals surface area contributed by atoms with E-state index in [1.165, 1.54) is 6.42 Å². The maximum Gasteiger partial charge on any atom is 0.193 e. The molecule has 0 spiro atoms. The number of nitrogens with zero attached hydrogens (tertiary/aromatic N) is 1. The second-order valence-electron chi connectivity index (χ2n) is 4.21. The van der Waals surface area contributed by atoms with Gasteiger partial charge in [-0.15, -0.1) is 0 Å². The van der Waals surface area contributed by atoms with Crippen LogP contribution in [0.1, 0.15) is 19.3 Å². The summed E-state index contributed by atoms with van der Waals surface area (Å²) < 4.78 is 5.59. The van der Waals surface area contributed by atoms with Gasteiger partial charge >= 0.3 is 0 Å². The summed E-state index contributed by atoms with van der Waals surface area (Å²) in [5.41, 5.74) is 6.76. The lowest BCUT2D eigenvalue weighted by molar-refractivity contribution is 0.0225. The van der Waals surface area contributed by atoms with Gasteiger partial charge in [0, 0.05) is 12.3 Å². The Morgan fingerprint density at radius 1 is 1.35 bits per heavy atom. The van der Waals surface area contributed by atoms with E-state index in [9.17, 15) is 0 Å². The molecular weight excluding hydrogens is 214 g/mol. The Bertz CT molecular complexity index is 358. The molecule has 0 radical (unpaired) electrons. The Kier molecular flexibility index (Phi) is 4.38. The van der Waals surface area contributed by atoms with Crippen molar-refractivity contribution in [2.75, 3.05) is 18.5 Å². The van der Waals surface area contributed by atoms with E-state index in [1.807, 2.05) is 30.3 Å². The molecule has 1 aliphatic heterocycles. The van der Waals surface area contributed by atoms with Crippen LogP contribution in [-0.2, 0) is 4.74 Å². The van der Waals surface area contributed by atoms with Gasteiger partial charge in [-0.05, 0) is 31.4 Å². The number of para-hydroxylation sites is 1. The maximum absolute atomic E-state index is 5.81. The van der Waals surface area contributed by atoms with Gasteiger partial charge in [0.1, 0.15) is 0 Å². The summed E-state index contributed by atoms with van der Waals surface area (Å²) in [4.78, 5) is 4.30. The van der Waals surface area contributed by atoms with Gasteiger partial charge in [-0.3, -0.25) is 4.99 Å². The molecule has 1 atom stereocenters. The van der Waals surface area contributed by atoms with Crippen LogP contribution in [-0.4, -0.2) is 25.2 Å². The lowest BCUT2D eigenvalue weighted by Crippen LogP contribution is -2.27.